The van der Waals surface area contributed by atoms with E-state index in [-0.39, 0.29) is 0 Å². The van der Waals surface area contributed by atoms with E-state index in [9.17, 15) is 0 Å². The van der Waals surface area contributed by atoms with E-state index in [4.69, 9.17) is 10.5 Å². The van der Waals surface area contributed by atoms with Crippen LogP contribution in [0.25, 0.3) is 0 Å². The molecule has 0 bridgehead atoms. The minimum Gasteiger partial charge on any atom is -0.492 e. The van der Waals surface area contributed by atoms with Crippen molar-refractivity contribution in [3.8, 4) is 5.75 Å². The Morgan fingerprint density at radius 1 is 1.14 bits per heavy atom. The summed E-state index contributed by atoms with van der Waals surface area (Å²) in [6.07, 6.45) is 2.24. The van der Waals surface area contributed by atoms with Crippen molar-refractivity contribution in [3.05, 3.63) is 53.6 Å². The molecule has 110 valence electrons. The molecule has 0 saturated heterocycles. The number of fused-ring (bicyclic) bond motifs is 1. The fraction of sp³-hybridized carbons (Fsp3) is 0.333. The molecule has 0 unspecified atom stereocenters. The van der Waals surface area contributed by atoms with Crippen LogP contribution >= 0.6 is 0 Å². The quantitative estimate of drug-likeness (QED) is 0.873. The fourth-order valence-electron chi connectivity index (χ4n) is 2.87. The van der Waals surface area contributed by atoms with Crippen molar-refractivity contribution in [2.24, 2.45) is 0 Å². The number of hydrogen-bond donors (Lipinski definition) is 1. The van der Waals surface area contributed by atoms with Crippen LogP contribution in [0.15, 0.2) is 42.5 Å². The second-order valence-electron chi connectivity index (χ2n) is 5.60. The monoisotopic (exact) mass is 282 g/mol. The first-order valence-corrected chi connectivity index (χ1v) is 7.56. The van der Waals surface area contributed by atoms with Gasteiger partial charge in [-0.2, -0.15) is 0 Å². The van der Waals surface area contributed by atoms with Crippen molar-refractivity contribution in [3.63, 3.8) is 0 Å². The van der Waals surface area contributed by atoms with Gasteiger partial charge in [0, 0.05) is 17.9 Å². The summed E-state index contributed by atoms with van der Waals surface area (Å²) in [5.41, 5.74) is 10.8. The Balaban J connectivity index is 1.62. The van der Waals surface area contributed by atoms with Crippen molar-refractivity contribution in [1.29, 1.82) is 0 Å². The lowest BCUT2D eigenvalue weighted by molar-refractivity contribution is 0.322. The van der Waals surface area contributed by atoms with Crippen molar-refractivity contribution in [1.82, 2.24) is 0 Å². The standard InChI is InChI=1S/C18H22N2O/c1-14-7-9-15(10-8-14)21-13-12-20-11-3-4-16-17(19)5-2-6-18(16)20/h2,5-10H,3-4,11-13,19H2,1H3. The van der Waals surface area contributed by atoms with Gasteiger partial charge in [0.25, 0.3) is 0 Å². The Hall–Kier alpha value is -2.16. The zero-order chi connectivity index (χ0) is 14.7. The third kappa shape index (κ3) is 3.13. The van der Waals surface area contributed by atoms with Gasteiger partial charge in [-0.15, -0.1) is 0 Å². The predicted octanol–water partition coefficient (Wildman–Crippen LogP) is 3.41. The summed E-state index contributed by atoms with van der Waals surface area (Å²) < 4.78 is 5.84. The van der Waals surface area contributed by atoms with Gasteiger partial charge < -0.3 is 15.4 Å². The summed E-state index contributed by atoms with van der Waals surface area (Å²) in [5.74, 6) is 0.936. The minimum atomic E-state index is 0.692. The molecule has 1 aliphatic heterocycles. The van der Waals surface area contributed by atoms with Gasteiger partial charge in [0.2, 0.25) is 0 Å². The van der Waals surface area contributed by atoms with E-state index in [1.54, 1.807) is 0 Å². The molecule has 1 heterocycles. The molecule has 2 aromatic rings. The van der Waals surface area contributed by atoms with Crippen LogP contribution in [0.5, 0.6) is 5.75 Å². The summed E-state index contributed by atoms with van der Waals surface area (Å²) in [6.45, 7) is 4.74. The van der Waals surface area contributed by atoms with E-state index in [1.165, 1.54) is 16.8 Å². The first kappa shape index (κ1) is 13.8. The summed E-state index contributed by atoms with van der Waals surface area (Å²) in [4.78, 5) is 2.38. The lowest BCUT2D eigenvalue weighted by Gasteiger charge is -2.31. The van der Waals surface area contributed by atoms with Crippen LogP contribution in [0.1, 0.15) is 17.5 Å². The fourth-order valence-corrected chi connectivity index (χ4v) is 2.87. The molecule has 3 rings (SSSR count). The molecule has 0 aliphatic carbocycles. The number of nitrogens with two attached hydrogens (primary N) is 1. The van der Waals surface area contributed by atoms with Gasteiger partial charge in [-0.25, -0.2) is 0 Å². The lowest BCUT2D eigenvalue weighted by atomic mass is 10.00. The molecule has 0 radical (unpaired) electrons. The van der Waals surface area contributed by atoms with Crippen molar-refractivity contribution in [2.75, 3.05) is 30.3 Å². The minimum absolute atomic E-state index is 0.692. The van der Waals surface area contributed by atoms with Crippen LogP contribution in [-0.4, -0.2) is 19.7 Å². The SMILES string of the molecule is Cc1ccc(OCCN2CCCc3c(N)cccc32)cc1. The van der Waals surface area contributed by atoms with Crippen LogP contribution < -0.4 is 15.4 Å². The molecule has 0 spiro atoms. The number of hydrogen-bond acceptors (Lipinski definition) is 3. The third-order valence-electron chi connectivity index (χ3n) is 4.03. The highest BCUT2D eigenvalue weighted by atomic mass is 16.5. The van der Waals surface area contributed by atoms with E-state index in [2.05, 4.69) is 30.0 Å². The number of rotatable bonds is 4. The molecule has 3 heteroatoms. The van der Waals surface area contributed by atoms with Gasteiger partial charge in [0.1, 0.15) is 12.4 Å². The third-order valence-corrected chi connectivity index (χ3v) is 4.03. The number of nitrogens with zero attached hydrogens (tertiary/aromatic N) is 1. The smallest absolute Gasteiger partial charge is 0.119 e. The molecule has 0 atom stereocenters. The average molecular weight is 282 g/mol. The van der Waals surface area contributed by atoms with Crippen molar-refractivity contribution < 1.29 is 4.74 Å². The maximum absolute atomic E-state index is 6.08. The first-order chi connectivity index (χ1) is 10.2. The van der Waals surface area contributed by atoms with E-state index >= 15 is 0 Å². The van der Waals surface area contributed by atoms with E-state index in [0.29, 0.717) is 6.61 Å². The molecular weight excluding hydrogens is 260 g/mol. The second-order valence-corrected chi connectivity index (χ2v) is 5.60. The maximum Gasteiger partial charge on any atom is 0.119 e. The molecule has 2 aromatic carbocycles. The van der Waals surface area contributed by atoms with E-state index in [1.807, 2.05) is 24.3 Å². The van der Waals surface area contributed by atoms with Gasteiger partial charge in [0.05, 0.1) is 6.54 Å². The second kappa shape index (κ2) is 6.08. The zero-order valence-corrected chi connectivity index (χ0v) is 12.5. The van der Waals surface area contributed by atoms with E-state index < -0.39 is 0 Å². The zero-order valence-electron chi connectivity index (χ0n) is 12.5. The molecule has 0 fully saturated rings. The first-order valence-electron chi connectivity index (χ1n) is 7.56. The number of anilines is 2. The van der Waals surface area contributed by atoms with Crippen molar-refractivity contribution in [2.45, 2.75) is 19.8 Å². The number of aryl methyl sites for hydroxylation is 1. The average Bonchev–Trinajstić information content (AvgIpc) is 2.50. The van der Waals surface area contributed by atoms with Gasteiger partial charge in [0.15, 0.2) is 0 Å². The molecule has 21 heavy (non-hydrogen) atoms. The van der Waals surface area contributed by atoms with Gasteiger partial charge in [-0.1, -0.05) is 23.8 Å². The Morgan fingerprint density at radius 2 is 1.95 bits per heavy atom. The Labute approximate surface area is 126 Å². The van der Waals surface area contributed by atoms with Gasteiger partial charge in [-0.3, -0.25) is 0 Å². The molecule has 1 aliphatic rings. The Bertz CT molecular complexity index is 607. The Kier molecular flexibility index (Phi) is 4.00. The molecule has 3 nitrogen and oxygen atoms in total. The highest BCUT2D eigenvalue weighted by molar-refractivity contribution is 5.66. The Morgan fingerprint density at radius 3 is 2.76 bits per heavy atom. The molecular formula is C18H22N2O. The number of benzene rings is 2. The van der Waals surface area contributed by atoms with Gasteiger partial charge in [-0.05, 0) is 49.6 Å². The summed E-state index contributed by atoms with van der Waals surface area (Å²) in [6, 6.07) is 14.4. The number of nitrogen functional groups attached to an aromatic ring is 1. The van der Waals surface area contributed by atoms with Crippen LogP contribution in [0.3, 0.4) is 0 Å². The highest BCUT2D eigenvalue weighted by Crippen LogP contribution is 2.30. The number of ether oxygens (including phenoxy) is 1. The van der Waals surface area contributed by atoms with Crippen LogP contribution in [0.2, 0.25) is 0 Å². The molecule has 0 amide bonds. The molecule has 2 N–H and O–H groups in total. The van der Waals surface area contributed by atoms with Crippen molar-refractivity contribution >= 4 is 11.4 Å². The normalized spacial score (nSPS) is 13.9. The largest absolute Gasteiger partial charge is 0.492 e. The van der Waals surface area contributed by atoms with E-state index in [0.717, 1.165) is 37.4 Å². The molecule has 0 aromatic heterocycles. The topological polar surface area (TPSA) is 38.5 Å². The predicted molar refractivity (Wildman–Crippen MR) is 88.1 cm³/mol. The highest BCUT2D eigenvalue weighted by Gasteiger charge is 2.18. The summed E-state index contributed by atoms with van der Waals surface area (Å²) in [5, 5.41) is 0. The maximum atomic E-state index is 6.08. The summed E-state index contributed by atoms with van der Waals surface area (Å²) in [7, 11) is 0. The summed E-state index contributed by atoms with van der Waals surface area (Å²) >= 11 is 0. The van der Waals surface area contributed by atoms with Crippen LogP contribution in [0, 0.1) is 6.92 Å². The lowest BCUT2D eigenvalue weighted by Crippen LogP contribution is -2.33. The van der Waals surface area contributed by atoms with Crippen LogP contribution in [-0.2, 0) is 6.42 Å². The molecule has 0 saturated carbocycles. The van der Waals surface area contributed by atoms with Gasteiger partial charge >= 0.3 is 0 Å². The van der Waals surface area contributed by atoms with Crippen LogP contribution in [0.4, 0.5) is 11.4 Å².